The van der Waals surface area contributed by atoms with Gasteiger partial charge in [-0.1, -0.05) is 17.7 Å². The van der Waals surface area contributed by atoms with Gasteiger partial charge in [-0.2, -0.15) is 0 Å². The molecular weight excluding hydrogens is 260 g/mol. The summed E-state index contributed by atoms with van der Waals surface area (Å²) in [6, 6.07) is 6.08. The molecule has 0 aliphatic carbocycles. The normalized spacial score (nSPS) is 17.2. The molecule has 0 atom stereocenters. The zero-order valence-electron chi connectivity index (χ0n) is 11.6. The van der Waals surface area contributed by atoms with Crippen molar-refractivity contribution in [1.82, 2.24) is 10.2 Å². The molecule has 1 saturated heterocycles. The van der Waals surface area contributed by atoms with E-state index >= 15 is 0 Å². The molecule has 0 spiro atoms. The maximum absolute atomic E-state index is 6.14. The highest BCUT2D eigenvalue weighted by Gasteiger charge is 2.08. The molecule has 1 aromatic rings. The predicted octanol–water partition coefficient (Wildman–Crippen LogP) is 2.58. The van der Waals surface area contributed by atoms with Crippen molar-refractivity contribution in [2.24, 2.45) is 0 Å². The lowest BCUT2D eigenvalue weighted by atomic mass is 10.1. The Bertz CT molecular complexity index is 390. The maximum atomic E-state index is 6.14. The Labute approximate surface area is 120 Å². The summed E-state index contributed by atoms with van der Waals surface area (Å²) in [6.45, 7) is 5.84. The zero-order chi connectivity index (χ0) is 13.5. The molecule has 3 nitrogen and oxygen atoms in total. The fourth-order valence-corrected chi connectivity index (χ4v) is 2.78. The van der Waals surface area contributed by atoms with Gasteiger partial charge in [0.1, 0.15) is 5.75 Å². The molecule has 1 fully saturated rings. The molecule has 0 aromatic heterocycles. The number of benzene rings is 1. The molecule has 2 rings (SSSR count). The Kier molecular flexibility index (Phi) is 5.95. The average Bonchev–Trinajstić information content (AvgIpc) is 2.68. The Hall–Kier alpha value is -0.770. The first-order valence-electron chi connectivity index (χ1n) is 7.05. The minimum atomic E-state index is 0.707. The molecule has 1 aliphatic heterocycles. The molecule has 0 bridgehead atoms. The van der Waals surface area contributed by atoms with Crippen LogP contribution >= 0.6 is 11.6 Å². The van der Waals surface area contributed by atoms with Gasteiger partial charge in [0.25, 0.3) is 0 Å². The first-order valence-corrected chi connectivity index (χ1v) is 7.43. The van der Waals surface area contributed by atoms with Gasteiger partial charge < -0.3 is 15.0 Å². The number of halogens is 1. The average molecular weight is 283 g/mol. The van der Waals surface area contributed by atoms with E-state index < -0.39 is 0 Å². The fourth-order valence-electron chi connectivity index (χ4n) is 2.50. The van der Waals surface area contributed by atoms with Crippen LogP contribution in [0.15, 0.2) is 18.2 Å². The first kappa shape index (κ1) is 14.6. The Morgan fingerprint density at radius 2 is 2.21 bits per heavy atom. The van der Waals surface area contributed by atoms with Crippen molar-refractivity contribution < 1.29 is 4.74 Å². The molecule has 1 heterocycles. The minimum absolute atomic E-state index is 0.707. The van der Waals surface area contributed by atoms with Gasteiger partial charge in [0.05, 0.1) is 12.1 Å². The lowest BCUT2D eigenvalue weighted by molar-refractivity contribution is 0.289. The van der Waals surface area contributed by atoms with Gasteiger partial charge in [-0.3, -0.25) is 0 Å². The van der Waals surface area contributed by atoms with Crippen LogP contribution in [0.25, 0.3) is 0 Å². The largest absolute Gasteiger partial charge is 0.495 e. The third kappa shape index (κ3) is 4.68. The van der Waals surface area contributed by atoms with Gasteiger partial charge in [-0.25, -0.2) is 0 Å². The van der Waals surface area contributed by atoms with Crippen molar-refractivity contribution in [2.75, 3.05) is 39.8 Å². The number of rotatable bonds is 5. The molecule has 19 heavy (non-hydrogen) atoms. The van der Waals surface area contributed by atoms with Crippen molar-refractivity contribution in [2.45, 2.75) is 19.3 Å². The van der Waals surface area contributed by atoms with Crippen LogP contribution in [-0.2, 0) is 6.42 Å². The van der Waals surface area contributed by atoms with Crippen LogP contribution in [0.3, 0.4) is 0 Å². The predicted molar refractivity (Wildman–Crippen MR) is 80.3 cm³/mol. The smallest absolute Gasteiger partial charge is 0.137 e. The van der Waals surface area contributed by atoms with E-state index in [4.69, 9.17) is 16.3 Å². The molecular formula is C15H23ClN2O. The van der Waals surface area contributed by atoms with Crippen LogP contribution in [0.2, 0.25) is 5.02 Å². The summed E-state index contributed by atoms with van der Waals surface area (Å²) < 4.78 is 5.17. The number of nitrogens with zero attached hydrogens (tertiary/aromatic N) is 1. The molecule has 0 radical (unpaired) electrons. The van der Waals surface area contributed by atoms with E-state index in [1.807, 2.05) is 12.1 Å². The van der Waals surface area contributed by atoms with Gasteiger partial charge >= 0.3 is 0 Å². The number of hydrogen-bond acceptors (Lipinski definition) is 3. The molecule has 1 aromatic carbocycles. The van der Waals surface area contributed by atoms with E-state index in [9.17, 15) is 0 Å². The lowest BCUT2D eigenvalue weighted by Gasteiger charge is -2.19. The number of ether oxygens (including phenoxy) is 1. The Morgan fingerprint density at radius 1 is 1.32 bits per heavy atom. The van der Waals surface area contributed by atoms with Crippen LogP contribution in [0.1, 0.15) is 18.4 Å². The summed E-state index contributed by atoms with van der Waals surface area (Å²) in [7, 11) is 1.65. The topological polar surface area (TPSA) is 24.5 Å². The summed E-state index contributed by atoms with van der Waals surface area (Å²) in [5, 5.41) is 4.14. The molecule has 0 unspecified atom stereocenters. The standard InChI is InChI=1S/C15H23ClN2O/c1-19-15-6-5-13(12-14(15)16)4-2-9-18-10-3-7-17-8-11-18/h5-6,12,17H,2-4,7-11H2,1H3. The SMILES string of the molecule is COc1ccc(CCCN2CCCNCC2)cc1Cl. The van der Waals surface area contributed by atoms with Crippen molar-refractivity contribution in [1.29, 1.82) is 0 Å². The van der Waals surface area contributed by atoms with Gasteiger partial charge in [-0.05, 0) is 56.6 Å². The van der Waals surface area contributed by atoms with Gasteiger partial charge in [0, 0.05) is 13.1 Å². The van der Waals surface area contributed by atoms with Crippen LogP contribution in [0.4, 0.5) is 0 Å². The van der Waals surface area contributed by atoms with E-state index in [1.165, 1.54) is 38.0 Å². The highest BCUT2D eigenvalue weighted by Crippen LogP contribution is 2.25. The van der Waals surface area contributed by atoms with E-state index in [0.717, 1.165) is 25.3 Å². The van der Waals surface area contributed by atoms with Gasteiger partial charge in [-0.15, -0.1) is 0 Å². The lowest BCUT2D eigenvalue weighted by Crippen LogP contribution is -2.29. The summed E-state index contributed by atoms with van der Waals surface area (Å²) in [5.41, 5.74) is 1.29. The summed E-state index contributed by atoms with van der Waals surface area (Å²) >= 11 is 6.14. The second-order valence-electron chi connectivity index (χ2n) is 5.02. The van der Waals surface area contributed by atoms with E-state index in [0.29, 0.717) is 5.02 Å². The van der Waals surface area contributed by atoms with Gasteiger partial charge in [0.15, 0.2) is 0 Å². The second-order valence-corrected chi connectivity index (χ2v) is 5.42. The van der Waals surface area contributed by atoms with Gasteiger partial charge in [0.2, 0.25) is 0 Å². The van der Waals surface area contributed by atoms with Crippen molar-refractivity contribution in [3.8, 4) is 5.75 Å². The van der Waals surface area contributed by atoms with Crippen LogP contribution in [0.5, 0.6) is 5.75 Å². The highest BCUT2D eigenvalue weighted by molar-refractivity contribution is 6.32. The number of nitrogens with one attached hydrogen (secondary N) is 1. The Balaban J connectivity index is 1.77. The summed E-state index contributed by atoms with van der Waals surface area (Å²) in [4.78, 5) is 2.55. The van der Waals surface area contributed by atoms with E-state index in [1.54, 1.807) is 7.11 Å². The molecule has 1 aliphatic rings. The summed E-state index contributed by atoms with van der Waals surface area (Å²) in [5.74, 6) is 0.754. The Morgan fingerprint density at radius 3 is 3.00 bits per heavy atom. The molecule has 106 valence electrons. The molecule has 1 N–H and O–H groups in total. The van der Waals surface area contributed by atoms with Crippen molar-refractivity contribution >= 4 is 11.6 Å². The monoisotopic (exact) mass is 282 g/mol. The first-order chi connectivity index (χ1) is 9.29. The highest BCUT2D eigenvalue weighted by atomic mass is 35.5. The second kappa shape index (κ2) is 7.73. The van der Waals surface area contributed by atoms with E-state index in [2.05, 4.69) is 16.3 Å². The molecule has 4 heteroatoms. The quantitative estimate of drug-likeness (QED) is 0.898. The fraction of sp³-hybridized carbons (Fsp3) is 0.600. The number of aryl methyl sites for hydroxylation is 1. The summed E-state index contributed by atoms with van der Waals surface area (Å²) in [6.07, 6.45) is 3.52. The third-order valence-corrected chi connectivity index (χ3v) is 3.88. The van der Waals surface area contributed by atoms with E-state index in [-0.39, 0.29) is 0 Å². The minimum Gasteiger partial charge on any atom is -0.495 e. The number of hydrogen-bond donors (Lipinski definition) is 1. The zero-order valence-corrected chi connectivity index (χ0v) is 12.4. The van der Waals surface area contributed by atoms with Crippen molar-refractivity contribution in [3.05, 3.63) is 28.8 Å². The van der Waals surface area contributed by atoms with Crippen LogP contribution in [-0.4, -0.2) is 44.7 Å². The molecule has 0 saturated carbocycles. The van der Waals surface area contributed by atoms with Crippen LogP contribution < -0.4 is 10.1 Å². The van der Waals surface area contributed by atoms with Crippen molar-refractivity contribution in [3.63, 3.8) is 0 Å². The van der Waals surface area contributed by atoms with Crippen LogP contribution in [0, 0.1) is 0 Å². The number of methoxy groups -OCH3 is 1. The third-order valence-electron chi connectivity index (χ3n) is 3.59. The maximum Gasteiger partial charge on any atom is 0.137 e. The molecule has 0 amide bonds.